The molecule has 1 saturated heterocycles. The third kappa shape index (κ3) is 8.17. The molecule has 54 heavy (non-hydrogen) atoms. The van der Waals surface area contributed by atoms with Crippen molar-refractivity contribution in [3.8, 4) is 0 Å². The number of likely N-dealkylation sites (tertiary alicyclic amines) is 1. The molecule has 0 saturated carbocycles. The first kappa shape index (κ1) is 38.6. The molecule has 3 heterocycles. The topological polar surface area (TPSA) is 135 Å². The minimum Gasteiger partial charge on any atom is -0.481 e. The zero-order valence-electron chi connectivity index (χ0n) is 29.6. The summed E-state index contributed by atoms with van der Waals surface area (Å²) in [4.78, 5) is 54.5. The van der Waals surface area contributed by atoms with Gasteiger partial charge in [0.2, 0.25) is 0 Å². The van der Waals surface area contributed by atoms with Crippen LogP contribution in [0.5, 0.6) is 0 Å². The van der Waals surface area contributed by atoms with Gasteiger partial charge < -0.3 is 20.5 Å². The fourth-order valence-electron chi connectivity index (χ4n) is 7.45. The van der Waals surface area contributed by atoms with Crippen LogP contribution in [0.3, 0.4) is 0 Å². The van der Waals surface area contributed by atoms with E-state index in [1.165, 1.54) is 0 Å². The van der Waals surface area contributed by atoms with Crippen LogP contribution >= 0.6 is 0 Å². The summed E-state index contributed by atoms with van der Waals surface area (Å²) in [5.74, 6) is -2.34. The molecule has 4 aromatic rings. The quantitative estimate of drug-likeness (QED) is 0.131. The van der Waals surface area contributed by atoms with Gasteiger partial charge in [0.05, 0.1) is 42.6 Å². The molecule has 1 spiro atoms. The summed E-state index contributed by atoms with van der Waals surface area (Å²) in [5.41, 5.74) is -2.31. The van der Waals surface area contributed by atoms with Crippen molar-refractivity contribution in [3.05, 3.63) is 139 Å². The van der Waals surface area contributed by atoms with E-state index in [1.807, 2.05) is 6.07 Å². The van der Waals surface area contributed by atoms with Gasteiger partial charge in [0.1, 0.15) is 11.4 Å². The Hall–Kier alpha value is -5.12. The second-order valence-corrected chi connectivity index (χ2v) is 13.6. The average Bonchev–Trinajstić information content (AvgIpc) is 3.52. The molecule has 1 atom stereocenters. The molecule has 0 aliphatic carbocycles. The number of carboxylic acid groups (broad SMARTS) is 1. The predicted octanol–water partition coefficient (Wildman–Crippen LogP) is 4.79. The number of piperidine rings is 1. The van der Waals surface area contributed by atoms with Crippen LogP contribution in [0, 0.1) is 5.82 Å². The lowest BCUT2D eigenvalue weighted by Crippen LogP contribution is -2.50. The second-order valence-electron chi connectivity index (χ2n) is 13.6. The predicted molar refractivity (Wildman–Crippen MR) is 190 cm³/mol. The second kappa shape index (κ2) is 16.1. The molecule has 0 unspecified atom stereocenters. The number of carbonyl (C=O) groups is 2. The lowest BCUT2D eigenvalue weighted by atomic mass is 9.85. The Morgan fingerprint density at radius 2 is 1.69 bits per heavy atom. The SMILES string of the molecule is CNC(=O)c1cccc(CN2CCC3(CC2)OCc2c3c(=O)n(C[C@H](NCCCC(=O)O)c3ccccc3)c(=O)n2Cc2c(F)cccc2C(F)(F)F)c1. The Morgan fingerprint density at radius 1 is 0.963 bits per heavy atom. The van der Waals surface area contributed by atoms with E-state index < -0.39 is 58.5 Å². The highest BCUT2D eigenvalue weighted by Crippen LogP contribution is 2.43. The Labute approximate surface area is 308 Å². The number of ether oxygens (including phenoxy) is 1. The third-order valence-corrected chi connectivity index (χ3v) is 10.2. The van der Waals surface area contributed by atoms with Crippen LogP contribution < -0.4 is 21.9 Å². The van der Waals surface area contributed by atoms with Crippen LogP contribution in [0.25, 0.3) is 0 Å². The van der Waals surface area contributed by atoms with Gasteiger partial charge in [0.25, 0.3) is 11.5 Å². The molecule has 11 nitrogen and oxygen atoms in total. The molecular formula is C39H41F4N5O6. The normalized spacial score (nSPS) is 15.9. The van der Waals surface area contributed by atoms with E-state index in [0.29, 0.717) is 43.6 Å². The summed E-state index contributed by atoms with van der Waals surface area (Å²) in [6.07, 6.45) is -4.11. The number of benzene rings is 3. The first-order chi connectivity index (χ1) is 25.8. The molecule has 2 aliphatic heterocycles. The molecule has 1 amide bonds. The Kier molecular flexibility index (Phi) is 11.5. The maximum Gasteiger partial charge on any atom is 0.416 e. The summed E-state index contributed by atoms with van der Waals surface area (Å²) in [6, 6.07) is 18.1. The van der Waals surface area contributed by atoms with Gasteiger partial charge in [-0.25, -0.2) is 9.18 Å². The van der Waals surface area contributed by atoms with E-state index in [2.05, 4.69) is 15.5 Å². The monoisotopic (exact) mass is 751 g/mol. The first-order valence-electron chi connectivity index (χ1n) is 17.7. The lowest BCUT2D eigenvalue weighted by Gasteiger charge is -2.39. The van der Waals surface area contributed by atoms with Gasteiger partial charge in [-0.15, -0.1) is 0 Å². The van der Waals surface area contributed by atoms with Crippen LogP contribution in [0.2, 0.25) is 0 Å². The number of alkyl halides is 3. The number of nitrogens with one attached hydrogen (secondary N) is 2. The van der Waals surface area contributed by atoms with Crippen molar-refractivity contribution in [3.63, 3.8) is 0 Å². The zero-order valence-corrected chi connectivity index (χ0v) is 29.6. The van der Waals surface area contributed by atoms with Crippen molar-refractivity contribution < 1.29 is 37.0 Å². The minimum absolute atomic E-state index is 0.107. The molecule has 15 heteroatoms. The van der Waals surface area contributed by atoms with Gasteiger partial charge in [-0.2, -0.15) is 13.2 Å². The number of fused-ring (bicyclic) bond motifs is 2. The van der Waals surface area contributed by atoms with Crippen molar-refractivity contribution in [2.24, 2.45) is 0 Å². The number of hydrogen-bond acceptors (Lipinski definition) is 7. The third-order valence-electron chi connectivity index (χ3n) is 10.2. The van der Waals surface area contributed by atoms with Gasteiger partial charge in [-0.1, -0.05) is 48.5 Å². The average molecular weight is 752 g/mol. The van der Waals surface area contributed by atoms with Crippen molar-refractivity contribution in [1.29, 1.82) is 0 Å². The fourth-order valence-corrected chi connectivity index (χ4v) is 7.45. The van der Waals surface area contributed by atoms with E-state index >= 15 is 4.39 Å². The molecule has 1 aromatic heterocycles. The highest BCUT2D eigenvalue weighted by molar-refractivity contribution is 5.94. The van der Waals surface area contributed by atoms with Gasteiger partial charge in [-0.3, -0.25) is 28.4 Å². The first-order valence-corrected chi connectivity index (χ1v) is 17.7. The van der Waals surface area contributed by atoms with Gasteiger partial charge >= 0.3 is 17.8 Å². The number of amides is 1. The van der Waals surface area contributed by atoms with E-state index in [9.17, 15) is 32.3 Å². The maximum atomic E-state index is 15.3. The summed E-state index contributed by atoms with van der Waals surface area (Å²) in [5, 5.41) is 15.0. The molecular weight excluding hydrogens is 710 g/mol. The van der Waals surface area contributed by atoms with Crippen molar-refractivity contribution >= 4 is 11.9 Å². The highest BCUT2D eigenvalue weighted by Gasteiger charge is 2.47. The smallest absolute Gasteiger partial charge is 0.416 e. The molecule has 3 aromatic carbocycles. The number of hydrogen-bond donors (Lipinski definition) is 3. The molecule has 3 N–H and O–H groups in total. The number of aliphatic carboxylic acids is 1. The number of halogens is 4. The van der Waals surface area contributed by atoms with Gasteiger partial charge in [-0.05, 0) is 61.2 Å². The lowest BCUT2D eigenvalue weighted by molar-refractivity contribution is -0.138. The van der Waals surface area contributed by atoms with Gasteiger partial charge in [0, 0.05) is 44.2 Å². The number of nitrogens with zero attached hydrogens (tertiary/aromatic N) is 3. The summed E-state index contributed by atoms with van der Waals surface area (Å²) in [7, 11) is 1.55. The molecule has 286 valence electrons. The molecule has 1 fully saturated rings. The standard InChI is InChI=1S/C39H41F4N5O6/c1-44-35(51)27-11-5-8-25(20-27)21-46-18-15-38(16-19-46)34-32(24-54-38)47(22-28-29(39(41,42)43)12-6-13-30(28)40)37(53)48(36(34)52)23-31(26-9-3-2-4-10-26)45-17-7-14-33(49)50/h2-6,8-13,20,31,45H,7,14-19,21-24H2,1H3,(H,44,51)(H,49,50)/t31-/m0/s1. The Balaban J connectivity index is 1.39. The van der Waals surface area contributed by atoms with Crippen LogP contribution in [-0.2, 0) is 47.5 Å². The number of carbonyl (C=O) groups excluding carboxylic acids is 1. The summed E-state index contributed by atoms with van der Waals surface area (Å²) in [6.45, 7) is 0.404. The number of aromatic nitrogens is 2. The van der Waals surface area contributed by atoms with Crippen LogP contribution in [-0.4, -0.2) is 57.7 Å². The van der Waals surface area contributed by atoms with Crippen molar-refractivity contribution in [2.45, 2.75) is 69.7 Å². The highest BCUT2D eigenvalue weighted by atomic mass is 19.4. The van der Waals surface area contributed by atoms with Gasteiger partial charge in [0.15, 0.2) is 0 Å². The maximum absolute atomic E-state index is 15.3. The molecule has 2 aliphatic rings. The number of carboxylic acids is 1. The Bertz CT molecular complexity index is 2130. The Morgan fingerprint density at radius 3 is 2.37 bits per heavy atom. The van der Waals surface area contributed by atoms with Crippen molar-refractivity contribution in [1.82, 2.24) is 24.7 Å². The minimum atomic E-state index is -4.92. The summed E-state index contributed by atoms with van der Waals surface area (Å²) < 4.78 is 66.1. The zero-order chi connectivity index (χ0) is 38.6. The van der Waals surface area contributed by atoms with Crippen molar-refractivity contribution in [2.75, 3.05) is 26.7 Å². The van der Waals surface area contributed by atoms with E-state index in [0.717, 1.165) is 32.9 Å². The van der Waals surface area contributed by atoms with Crippen LogP contribution in [0.15, 0.2) is 82.4 Å². The van der Waals surface area contributed by atoms with Crippen LogP contribution in [0.1, 0.15) is 75.6 Å². The fraction of sp³-hybridized carbons (Fsp3) is 0.385. The molecule has 0 radical (unpaired) electrons. The van der Waals surface area contributed by atoms with E-state index in [1.54, 1.807) is 55.6 Å². The summed E-state index contributed by atoms with van der Waals surface area (Å²) >= 11 is 0. The van der Waals surface area contributed by atoms with Crippen LogP contribution in [0.4, 0.5) is 17.6 Å². The van der Waals surface area contributed by atoms with E-state index in [-0.39, 0.29) is 49.7 Å². The largest absolute Gasteiger partial charge is 0.481 e. The molecule has 0 bridgehead atoms. The van der Waals surface area contributed by atoms with E-state index in [4.69, 9.17) is 9.84 Å². The number of rotatable bonds is 13. The molecule has 6 rings (SSSR count).